The van der Waals surface area contributed by atoms with Crippen molar-refractivity contribution in [1.29, 1.82) is 0 Å². The molecule has 0 aliphatic heterocycles. The fourth-order valence-corrected chi connectivity index (χ4v) is 3.92. The van der Waals surface area contributed by atoms with Gasteiger partial charge in [-0.25, -0.2) is 8.42 Å². The number of methoxy groups -OCH3 is 1. The summed E-state index contributed by atoms with van der Waals surface area (Å²) in [7, 11) is -2.81. The Morgan fingerprint density at radius 3 is 2.48 bits per heavy atom. The number of nitrogens with zero attached hydrogens (tertiary/aromatic N) is 3. The standard InChI is InChI=1S/C20H19N5O5S/c1-14(15-9-11-21-12-10-15)22-23-18-8-7-16(25(26)27)13-20(18)31(28,29)24-17-5-3-4-6-19(17)30-2/h3-13,23-24H,1-2H3/b22-14-. The van der Waals surface area contributed by atoms with Gasteiger partial charge in [0, 0.05) is 30.1 Å². The number of nitro groups is 1. The molecular weight excluding hydrogens is 422 g/mol. The highest BCUT2D eigenvalue weighted by Crippen LogP contribution is 2.31. The molecule has 3 aromatic rings. The lowest BCUT2D eigenvalue weighted by Crippen LogP contribution is -2.16. The number of hydrogen-bond acceptors (Lipinski definition) is 8. The van der Waals surface area contributed by atoms with Gasteiger partial charge in [-0.1, -0.05) is 12.1 Å². The first-order chi connectivity index (χ1) is 14.8. The average Bonchev–Trinajstić information content (AvgIpc) is 2.78. The lowest BCUT2D eigenvalue weighted by Gasteiger charge is -2.14. The number of rotatable bonds is 8. The first-order valence-electron chi connectivity index (χ1n) is 8.97. The minimum atomic E-state index is -4.22. The van der Waals surface area contributed by atoms with Crippen LogP contribution >= 0.6 is 0 Å². The van der Waals surface area contributed by atoms with Gasteiger partial charge in [0.25, 0.3) is 15.7 Å². The van der Waals surface area contributed by atoms with Crippen LogP contribution in [-0.2, 0) is 10.0 Å². The van der Waals surface area contributed by atoms with Crippen molar-refractivity contribution < 1.29 is 18.1 Å². The van der Waals surface area contributed by atoms with Crippen LogP contribution in [0.4, 0.5) is 17.1 Å². The molecule has 0 saturated carbocycles. The number of hydrazone groups is 1. The predicted octanol–water partition coefficient (Wildman–Crippen LogP) is 3.64. The molecule has 10 nitrogen and oxygen atoms in total. The van der Waals surface area contributed by atoms with E-state index >= 15 is 0 Å². The number of nitrogens with one attached hydrogen (secondary N) is 2. The molecule has 1 aromatic heterocycles. The largest absolute Gasteiger partial charge is 0.495 e. The lowest BCUT2D eigenvalue weighted by molar-refractivity contribution is -0.385. The molecule has 2 N–H and O–H groups in total. The smallest absolute Gasteiger partial charge is 0.270 e. The Hall–Kier alpha value is -3.99. The first-order valence-corrected chi connectivity index (χ1v) is 10.4. The van der Waals surface area contributed by atoms with Gasteiger partial charge in [-0.2, -0.15) is 5.10 Å². The van der Waals surface area contributed by atoms with Crippen LogP contribution < -0.4 is 14.9 Å². The van der Waals surface area contributed by atoms with E-state index in [9.17, 15) is 18.5 Å². The van der Waals surface area contributed by atoms with Crippen molar-refractivity contribution in [2.45, 2.75) is 11.8 Å². The van der Waals surface area contributed by atoms with Gasteiger partial charge in [-0.05, 0) is 37.3 Å². The van der Waals surface area contributed by atoms with Crippen molar-refractivity contribution in [3.05, 3.63) is 82.7 Å². The molecule has 0 saturated heterocycles. The fourth-order valence-electron chi connectivity index (χ4n) is 2.67. The van der Waals surface area contributed by atoms with Crippen molar-refractivity contribution >= 4 is 32.8 Å². The molecule has 0 aliphatic rings. The fraction of sp³-hybridized carbons (Fsp3) is 0.100. The Kier molecular flexibility index (Phi) is 6.46. The third-order valence-electron chi connectivity index (χ3n) is 4.26. The van der Waals surface area contributed by atoms with Gasteiger partial charge in [0.15, 0.2) is 0 Å². The van der Waals surface area contributed by atoms with Crippen LogP contribution in [0.15, 0.2) is 77.0 Å². The molecule has 0 aliphatic carbocycles. The number of pyridine rings is 1. The Morgan fingerprint density at radius 1 is 1.10 bits per heavy atom. The van der Waals surface area contributed by atoms with E-state index < -0.39 is 14.9 Å². The van der Waals surface area contributed by atoms with E-state index in [1.165, 1.54) is 25.3 Å². The van der Waals surface area contributed by atoms with Crippen LogP contribution in [0.3, 0.4) is 0 Å². The molecule has 3 rings (SSSR count). The molecule has 0 atom stereocenters. The topological polar surface area (TPSA) is 136 Å². The van der Waals surface area contributed by atoms with Crippen LogP contribution in [-0.4, -0.2) is 31.1 Å². The number of aromatic nitrogens is 1. The Balaban J connectivity index is 2.01. The summed E-state index contributed by atoms with van der Waals surface area (Å²) in [6.45, 7) is 1.73. The second kappa shape index (κ2) is 9.22. The van der Waals surface area contributed by atoms with Crippen LogP contribution in [0, 0.1) is 10.1 Å². The average molecular weight is 441 g/mol. The molecule has 2 aromatic carbocycles. The molecule has 0 fully saturated rings. The zero-order valence-corrected chi connectivity index (χ0v) is 17.5. The van der Waals surface area contributed by atoms with E-state index in [0.717, 1.165) is 11.6 Å². The number of non-ortho nitro benzene ring substituents is 1. The van der Waals surface area contributed by atoms with Gasteiger partial charge < -0.3 is 4.74 Å². The second-order valence-electron chi connectivity index (χ2n) is 6.29. The van der Waals surface area contributed by atoms with Gasteiger partial charge in [-0.15, -0.1) is 0 Å². The summed E-state index contributed by atoms with van der Waals surface area (Å²) in [4.78, 5) is 14.1. The molecule has 0 unspecified atom stereocenters. The minimum absolute atomic E-state index is 0.0707. The van der Waals surface area contributed by atoms with E-state index in [1.54, 1.807) is 49.6 Å². The predicted molar refractivity (Wildman–Crippen MR) is 117 cm³/mol. The van der Waals surface area contributed by atoms with Crippen LogP contribution in [0.1, 0.15) is 12.5 Å². The van der Waals surface area contributed by atoms with Gasteiger partial charge in [0.05, 0.1) is 29.1 Å². The zero-order chi connectivity index (χ0) is 22.4. The molecular formula is C20H19N5O5S. The summed E-state index contributed by atoms with van der Waals surface area (Å²) < 4.78 is 33.8. The van der Waals surface area contributed by atoms with E-state index in [2.05, 4.69) is 20.2 Å². The lowest BCUT2D eigenvalue weighted by atomic mass is 10.2. The Morgan fingerprint density at radius 2 is 1.81 bits per heavy atom. The van der Waals surface area contributed by atoms with Gasteiger partial charge in [0.2, 0.25) is 0 Å². The van der Waals surface area contributed by atoms with E-state index in [1.807, 2.05) is 0 Å². The van der Waals surface area contributed by atoms with Crippen molar-refractivity contribution in [2.75, 3.05) is 17.3 Å². The number of para-hydroxylation sites is 2. The maximum Gasteiger partial charge on any atom is 0.270 e. The van der Waals surface area contributed by atoms with Gasteiger partial charge in [0.1, 0.15) is 10.6 Å². The maximum absolute atomic E-state index is 13.1. The zero-order valence-electron chi connectivity index (χ0n) is 16.6. The number of sulfonamides is 1. The quantitative estimate of drug-likeness (QED) is 0.309. The maximum atomic E-state index is 13.1. The van der Waals surface area contributed by atoms with Gasteiger partial charge in [-0.3, -0.25) is 25.2 Å². The van der Waals surface area contributed by atoms with Crippen molar-refractivity contribution in [1.82, 2.24) is 4.98 Å². The monoisotopic (exact) mass is 441 g/mol. The summed E-state index contributed by atoms with van der Waals surface area (Å²) in [5.74, 6) is 0.303. The number of hydrogen-bond donors (Lipinski definition) is 2. The normalized spacial score (nSPS) is 11.6. The number of ether oxygens (including phenoxy) is 1. The van der Waals surface area contributed by atoms with E-state index in [4.69, 9.17) is 4.74 Å². The Bertz CT molecular complexity index is 1230. The van der Waals surface area contributed by atoms with Crippen molar-refractivity contribution in [3.63, 3.8) is 0 Å². The Labute approximate surface area is 178 Å². The van der Waals surface area contributed by atoms with Gasteiger partial charge >= 0.3 is 0 Å². The minimum Gasteiger partial charge on any atom is -0.495 e. The number of anilines is 2. The van der Waals surface area contributed by atoms with Crippen LogP contribution in [0.5, 0.6) is 5.75 Å². The molecule has 1 heterocycles. The van der Waals surface area contributed by atoms with E-state index in [-0.39, 0.29) is 22.0 Å². The number of nitro benzene ring substituents is 1. The molecule has 0 spiro atoms. The summed E-state index contributed by atoms with van der Waals surface area (Å²) in [5.41, 5.74) is 3.93. The third kappa shape index (κ3) is 5.14. The number of benzene rings is 2. The van der Waals surface area contributed by atoms with Crippen molar-refractivity contribution in [2.24, 2.45) is 5.10 Å². The third-order valence-corrected chi connectivity index (χ3v) is 5.66. The van der Waals surface area contributed by atoms with Crippen molar-refractivity contribution in [3.8, 4) is 5.75 Å². The SMILES string of the molecule is COc1ccccc1NS(=O)(=O)c1cc([N+](=O)[O-])ccc1N/N=C(/C)c1ccncc1. The molecule has 0 amide bonds. The highest BCUT2D eigenvalue weighted by molar-refractivity contribution is 7.93. The summed E-state index contributed by atoms with van der Waals surface area (Å²) >= 11 is 0. The molecule has 11 heteroatoms. The van der Waals surface area contributed by atoms with Crippen LogP contribution in [0.2, 0.25) is 0 Å². The summed E-state index contributed by atoms with van der Waals surface area (Å²) in [6.07, 6.45) is 3.21. The highest BCUT2D eigenvalue weighted by atomic mass is 32.2. The summed E-state index contributed by atoms with van der Waals surface area (Å²) in [5, 5.41) is 15.4. The highest BCUT2D eigenvalue weighted by Gasteiger charge is 2.24. The molecule has 160 valence electrons. The first kappa shape index (κ1) is 21.7. The molecule has 0 bridgehead atoms. The second-order valence-corrected chi connectivity index (χ2v) is 7.94. The van der Waals surface area contributed by atoms with E-state index in [0.29, 0.717) is 11.5 Å². The molecule has 0 radical (unpaired) electrons. The molecule has 31 heavy (non-hydrogen) atoms. The summed E-state index contributed by atoms with van der Waals surface area (Å²) in [6, 6.07) is 13.4. The van der Waals surface area contributed by atoms with Crippen LogP contribution in [0.25, 0.3) is 0 Å².